The topological polar surface area (TPSA) is 25.8 Å². The molecule has 0 aliphatic rings. The zero-order valence-electron chi connectivity index (χ0n) is 6.26. The van der Waals surface area contributed by atoms with Crippen molar-refractivity contribution >= 4 is 0 Å². The molecule has 65 valence electrons. The first-order chi connectivity index (χ1) is 5.55. The maximum absolute atomic E-state index is 12.1. The van der Waals surface area contributed by atoms with Gasteiger partial charge in [0.15, 0.2) is 5.69 Å². The standard InChI is InChI=1S/C7H6F3N2/c1-2-5-3-4-11-12-6(5)7(8,9)10/h2-4H,1H3. The van der Waals surface area contributed by atoms with E-state index in [2.05, 4.69) is 10.2 Å². The lowest BCUT2D eigenvalue weighted by molar-refractivity contribution is -0.142. The second kappa shape index (κ2) is 3.08. The second-order valence-electron chi connectivity index (χ2n) is 2.12. The van der Waals surface area contributed by atoms with Crippen LogP contribution in [0, 0.1) is 6.42 Å². The van der Waals surface area contributed by atoms with Gasteiger partial charge in [0, 0.05) is 6.20 Å². The van der Waals surface area contributed by atoms with Gasteiger partial charge in [-0.2, -0.15) is 18.3 Å². The molecule has 0 aliphatic heterocycles. The van der Waals surface area contributed by atoms with Crippen molar-refractivity contribution in [1.29, 1.82) is 0 Å². The van der Waals surface area contributed by atoms with Crippen LogP contribution in [0.3, 0.4) is 0 Å². The van der Waals surface area contributed by atoms with Crippen molar-refractivity contribution in [3.63, 3.8) is 0 Å². The van der Waals surface area contributed by atoms with Gasteiger partial charge in [-0.05, 0) is 18.1 Å². The van der Waals surface area contributed by atoms with Gasteiger partial charge in [-0.3, -0.25) is 0 Å². The van der Waals surface area contributed by atoms with Gasteiger partial charge in [0.1, 0.15) is 0 Å². The summed E-state index contributed by atoms with van der Waals surface area (Å²) in [6.45, 7) is 1.52. The van der Waals surface area contributed by atoms with Crippen LogP contribution in [0.15, 0.2) is 12.3 Å². The fraction of sp³-hybridized carbons (Fsp3) is 0.286. The summed E-state index contributed by atoms with van der Waals surface area (Å²) >= 11 is 0. The van der Waals surface area contributed by atoms with Crippen molar-refractivity contribution in [2.75, 3.05) is 0 Å². The number of rotatable bonds is 1. The predicted octanol–water partition coefficient (Wildman–Crippen LogP) is 2.07. The zero-order chi connectivity index (χ0) is 9.19. The quantitative estimate of drug-likeness (QED) is 0.652. The Balaban J connectivity index is 3.14. The average molecular weight is 175 g/mol. The van der Waals surface area contributed by atoms with Gasteiger partial charge in [-0.15, -0.1) is 5.10 Å². The Morgan fingerprint density at radius 3 is 2.50 bits per heavy atom. The van der Waals surface area contributed by atoms with Crippen LogP contribution < -0.4 is 0 Å². The fourth-order valence-corrected chi connectivity index (χ4v) is 0.795. The first-order valence-electron chi connectivity index (χ1n) is 3.24. The normalized spacial score (nSPS) is 11.7. The van der Waals surface area contributed by atoms with Crippen molar-refractivity contribution in [2.45, 2.75) is 13.1 Å². The van der Waals surface area contributed by atoms with Crippen LogP contribution in [0.4, 0.5) is 13.2 Å². The summed E-state index contributed by atoms with van der Waals surface area (Å²) in [6, 6.07) is 1.27. The summed E-state index contributed by atoms with van der Waals surface area (Å²) in [5, 5.41) is 6.18. The third-order valence-corrected chi connectivity index (χ3v) is 1.33. The summed E-state index contributed by atoms with van der Waals surface area (Å²) in [5.41, 5.74) is -0.884. The Morgan fingerprint density at radius 2 is 2.08 bits per heavy atom. The number of halogens is 3. The molecule has 5 heteroatoms. The largest absolute Gasteiger partial charge is 0.435 e. The van der Waals surface area contributed by atoms with Crippen molar-refractivity contribution in [1.82, 2.24) is 10.2 Å². The molecule has 0 fully saturated rings. The first-order valence-corrected chi connectivity index (χ1v) is 3.24. The van der Waals surface area contributed by atoms with E-state index in [9.17, 15) is 13.2 Å². The molecule has 0 N–H and O–H groups in total. The molecular weight excluding hydrogens is 169 g/mol. The summed E-state index contributed by atoms with van der Waals surface area (Å²) < 4.78 is 36.3. The molecule has 0 unspecified atom stereocenters. The molecule has 1 aromatic heterocycles. The molecule has 0 aromatic carbocycles. The van der Waals surface area contributed by atoms with Crippen molar-refractivity contribution in [3.05, 3.63) is 29.9 Å². The molecule has 0 atom stereocenters. The minimum Gasteiger partial charge on any atom is -0.164 e. The average Bonchev–Trinajstić information content (AvgIpc) is 2.03. The molecule has 1 heterocycles. The van der Waals surface area contributed by atoms with Crippen LogP contribution in [0.25, 0.3) is 0 Å². The molecule has 0 amide bonds. The van der Waals surface area contributed by atoms with E-state index in [0.29, 0.717) is 0 Å². The van der Waals surface area contributed by atoms with Gasteiger partial charge in [-0.1, -0.05) is 6.92 Å². The van der Waals surface area contributed by atoms with Crippen molar-refractivity contribution < 1.29 is 13.2 Å². The smallest absolute Gasteiger partial charge is 0.164 e. The van der Waals surface area contributed by atoms with Gasteiger partial charge < -0.3 is 0 Å². The number of nitrogens with zero attached hydrogens (tertiary/aromatic N) is 2. The Labute approximate surface area is 67.4 Å². The first kappa shape index (κ1) is 8.96. The van der Waals surface area contributed by atoms with E-state index in [0.717, 1.165) is 0 Å². The molecule has 1 rings (SSSR count). The Morgan fingerprint density at radius 1 is 1.42 bits per heavy atom. The Bertz CT molecular complexity index is 270. The molecule has 1 radical (unpaired) electrons. The highest BCUT2D eigenvalue weighted by molar-refractivity contribution is 5.26. The zero-order valence-corrected chi connectivity index (χ0v) is 6.26. The van der Waals surface area contributed by atoms with Crippen molar-refractivity contribution in [2.24, 2.45) is 0 Å². The molecule has 0 aliphatic carbocycles. The van der Waals surface area contributed by atoms with E-state index in [1.54, 1.807) is 0 Å². The van der Waals surface area contributed by atoms with Crippen LogP contribution in [0.1, 0.15) is 18.2 Å². The summed E-state index contributed by atoms with van der Waals surface area (Å²) in [7, 11) is 0. The monoisotopic (exact) mass is 175 g/mol. The highest BCUT2D eigenvalue weighted by Gasteiger charge is 2.35. The number of hydrogen-bond acceptors (Lipinski definition) is 2. The summed E-state index contributed by atoms with van der Waals surface area (Å²) in [4.78, 5) is 0. The molecule has 0 spiro atoms. The molecule has 12 heavy (non-hydrogen) atoms. The number of hydrogen-bond donors (Lipinski definition) is 0. The van der Waals surface area contributed by atoms with Gasteiger partial charge in [0.05, 0.1) is 0 Å². The van der Waals surface area contributed by atoms with Crippen LogP contribution in [0.5, 0.6) is 0 Å². The third-order valence-electron chi connectivity index (χ3n) is 1.33. The van der Waals surface area contributed by atoms with Crippen LogP contribution in [0.2, 0.25) is 0 Å². The van der Waals surface area contributed by atoms with E-state index < -0.39 is 11.9 Å². The van der Waals surface area contributed by atoms with Gasteiger partial charge >= 0.3 is 6.18 Å². The maximum atomic E-state index is 12.1. The Hall–Kier alpha value is -1.13. The van der Waals surface area contributed by atoms with Crippen molar-refractivity contribution in [3.8, 4) is 0 Å². The lowest BCUT2D eigenvalue weighted by Gasteiger charge is -2.07. The molecule has 0 saturated carbocycles. The van der Waals surface area contributed by atoms with E-state index in [1.165, 1.54) is 25.6 Å². The highest BCUT2D eigenvalue weighted by atomic mass is 19.4. The molecule has 2 nitrogen and oxygen atoms in total. The highest BCUT2D eigenvalue weighted by Crippen LogP contribution is 2.29. The maximum Gasteiger partial charge on any atom is 0.435 e. The summed E-state index contributed by atoms with van der Waals surface area (Å²) in [5.74, 6) is 0. The minimum absolute atomic E-state index is 0.0532. The van der Waals surface area contributed by atoms with Crippen LogP contribution >= 0.6 is 0 Å². The predicted molar refractivity (Wildman–Crippen MR) is 36.1 cm³/mol. The lowest BCUT2D eigenvalue weighted by atomic mass is 10.1. The van der Waals surface area contributed by atoms with Crippen LogP contribution in [-0.2, 0) is 6.18 Å². The van der Waals surface area contributed by atoms with Gasteiger partial charge in [-0.25, -0.2) is 0 Å². The fourth-order valence-electron chi connectivity index (χ4n) is 0.795. The van der Waals surface area contributed by atoms with E-state index >= 15 is 0 Å². The SMILES string of the molecule is C[CH]c1ccnnc1C(F)(F)F. The number of aromatic nitrogens is 2. The molecular formula is C7H6F3N2. The minimum atomic E-state index is -4.42. The van der Waals surface area contributed by atoms with E-state index in [1.807, 2.05) is 0 Å². The van der Waals surface area contributed by atoms with E-state index in [-0.39, 0.29) is 5.56 Å². The number of alkyl halides is 3. The molecule has 1 aromatic rings. The third kappa shape index (κ3) is 1.72. The lowest BCUT2D eigenvalue weighted by Crippen LogP contribution is -2.11. The van der Waals surface area contributed by atoms with Gasteiger partial charge in [0.25, 0.3) is 0 Å². The second-order valence-corrected chi connectivity index (χ2v) is 2.12. The molecule has 0 bridgehead atoms. The van der Waals surface area contributed by atoms with Crippen LogP contribution in [-0.4, -0.2) is 10.2 Å². The summed E-state index contributed by atoms with van der Waals surface area (Å²) in [6.07, 6.45) is -1.85. The van der Waals surface area contributed by atoms with E-state index in [4.69, 9.17) is 0 Å². The Kier molecular flexibility index (Phi) is 2.30. The molecule has 0 saturated heterocycles. The van der Waals surface area contributed by atoms with Gasteiger partial charge in [0.2, 0.25) is 0 Å².